The van der Waals surface area contributed by atoms with Gasteiger partial charge in [-0.25, -0.2) is 4.98 Å². The molecule has 0 spiro atoms. The molecule has 144 valence electrons. The highest BCUT2D eigenvalue weighted by Gasteiger charge is 2.12. The maximum Gasteiger partial charge on any atom is 0.191 e. The standard InChI is InChI=1S/C19H36N4OS/c1-7-20-19(22-12-10-17(14(3)4)24-8-2)21-11-9-16-13-25-18(23-16)15(5)6/h13-15,17H,7-12H2,1-6H3,(H2,20,21,22). The van der Waals surface area contributed by atoms with Gasteiger partial charge in [0, 0.05) is 44.0 Å². The molecule has 0 saturated carbocycles. The summed E-state index contributed by atoms with van der Waals surface area (Å²) < 4.78 is 5.79. The molecule has 0 aromatic carbocycles. The second kappa shape index (κ2) is 12.3. The molecule has 1 heterocycles. The van der Waals surface area contributed by atoms with Gasteiger partial charge in [0.05, 0.1) is 16.8 Å². The highest BCUT2D eigenvalue weighted by Crippen LogP contribution is 2.19. The van der Waals surface area contributed by atoms with Crippen LogP contribution in [0.15, 0.2) is 10.4 Å². The van der Waals surface area contributed by atoms with Gasteiger partial charge in [0.2, 0.25) is 0 Å². The normalized spacial score (nSPS) is 13.5. The second-order valence-corrected chi connectivity index (χ2v) is 7.69. The van der Waals surface area contributed by atoms with Crippen molar-refractivity contribution >= 4 is 17.3 Å². The molecule has 0 radical (unpaired) electrons. The zero-order chi connectivity index (χ0) is 18.7. The van der Waals surface area contributed by atoms with Gasteiger partial charge in [0.15, 0.2) is 5.96 Å². The first-order chi connectivity index (χ1) is 12.0. The number of hydrogen-bond acceptors (Lipinski definition) is 4. The number of ether oxygens (including phenoxy) is 1. The van der Waals surface area contributed by atoms with E-state index in [2.05, 4.69) is 60.6 Å². The third-order valence-electron chi connectivity index (χ3n) is 3.89. The van der Waals surface area contributed by atoms with Crippen LogP contribution in [0.1, 0.15) is 64.6 Å². The van der Waals surface area contributed by atoms with E-state index in [1.807, 2.05) is 6.92 Å². The number of hydrogen-bond donors (Lipinski definition) is 2. The molecule has 1 aromatic heterocycles. The quantitative estimate of drug-likeness (QED) is 0.460. The van der Waals surface area contributed by atoms with Crippen molar-refractivity contribution in [2.24, 2.45) is 10.9 Å². The molecule has 6 heteroatoms. The zero-order valence-corrected chi connectivity index (χ0v) is 17.6. The summed E-state index contributed by atoms with van der Waals surface area (Å²) in [5, 5.41) is 10.1. The Balaban J connectivity index is 2.43. The van der Waals surface area contributed by atoms with Crippen LogP contribution in [0, 0.1) is 5.92 Å². The average molecular weight is 369 g/mol. The molecular formula is C19H36N4OS. The van der Waals surface area contributed by atoms with E-state index >= 15 is 0 Å². The highest BCUT2D eigenvalue weighted by atomic mass is 32.1. The van der Waals surface area contributed by atoms with Crippen molar-refractivity contribution in [2.45, 2.75) is 66.4 Å². The number of thiazole rings is 1. The van der Waals surface area contributed by atoms with Gasteiger partial charge in [-0.05, 0) is 26.2 Å². The SMILES string of the molecule is CCNC(=NCCC(OCC)C(C)C)NCCc1csc(C(C)C)n1. The molecule has 0 amide bonds. The van der Waals surface area contributed by atoms with E-state index in [4.69, 9.17) is 4.74 Å². The Morgan fingerprint density at radius 3 is 2.56 bits per heavy atom. The first kappa shape index (κ1) is 21.9. The monoisotopic (exact) mass is 368 g/mol. The van der Waals surface area contributed by atoms with E-state index in [-0.39, 0.29) is 6.10 Å². The molecule has 0 saturated heterocycles. The lowest BCUT2D eigenvalue weighted by Crippen LogP contribution is -2.38. The summed E-state index contributed by atoms with van der Waals surface area (Å²) in [4.78, 5) is 9.36. The minimum atomic E-state index is 0.279. The minimum Gasteiger partial charge on any atom is -0.378 e. The molecule has 0 aliphatic rings. The fourth-order valence-corrected chi connectivity index (χ4v) is 3.35. The molecule has 0 aliphatic carbocycles. The molecule has 0 fully saturated rings. The Kier molecular flexibility index (Phi) is 10.7. The van der Waals surface area contributed by atoms with Crippen LogP contribution in [0.4, 0.5) is 0 Å². The lowest BCUT2D eigenvalue weighted by atomic mass is 10.0. The second-order valence-electron chi connectivity index (χ2n) is 6.80. The Hall–Kier alpha value is -1.14. The van der Waals surface area contributed by atoms with Crippen LogP contribution in [-0.4, -0.2) is 43.3 Å². The molecule has 1 unspecified atom stereocenters. The van der Waals surface area contributed by atoms with E-state index in [1.165, 1.54) is 5.01 Å². The smallest absolute Gasteiger partial charge is 0.191 e. The molecule has 2 N–H and O–H groups in total. The van der Waals surface area contributed by atoms with E-state index < -0.39 is 0 Å². The van der Waals surface area contributed by atoms with Crippen LogP contribution >= 0.6 is 11.3 Å². The van der Waals surface area contributed by atoms with Crippen molar-refractivity contribution in [3.63, 3.8) is 0 Å². The van der Waals surface area contributed by atoms with Gasteiger partial charge in [0.1, 0.15) is 0 Å². The summed E-state index contributed by atoms with van der Waals surface area (Å²) in [5.74, 6) is 1.90. The van der Waals surface area contributed by atoms with Crippen molar-refractivity contribution in [1.82, 2.24) is 15.6 Å². The molecule has 1 rings (SSSR count). The maximum atomic E-state index is 5.79. The fraction of sp³-hybridized carbons (Fsp3) is 0.789. The van der Waals surface area contributed by atoms with Crippen molar-refractivity contribution < 1.29 is 4.74 Å². The number of aliphatic imine (C=N–C) groups is 1. The highest BCUT2D eigenvalue weighted by molar-refractivity contribution is 7.09. The van der Waals surface area contributed by atoms with Gasteiger partial charge >= 0.3 is 0 Å². The number of rotatable bonds is 11. The summed E-state index contributed by atoms with van der Waals surface area (Å²) in [5.41, 5.74) is 1.16. The van der Waals surface area contributed by atoms with Gasteiger partial charge in [-0.3, -0.25) is 4.99 Å². The minimum absolute atomic E-state index is 0.279. The number of aromatic nitrogens is 1. The van der Waals surface area contributed by atoms with Crippen molar-refractivity contribution in [1.29, 1.82) is 0 Å². The lowest BCUT2D eigenvalue weighted by Gasteiger charge is -2.20. The van der Waals surface area contributed by atoms with E-state index in [0.717, 1.165) is 50.7 Å². The Morgan fingerprint density at radius 1 is 1.24 bits per heavy atom. The summed E-state index contributed by atoms with van der Waals surface area (Å²) >= 11 is 1.75. The first-order valence-corrected chi connectivity index (χ1v) is 10.4. The Labute approximate surface area is 157 Å². The van der Waals surface area contributed by atoms with E-state index in [1.54, 1.807) is 11.3 Å². The van der Waals surface area contributed by atoms with Gasteiger partial charge < -0.3 is 15.4 Å². The molecule has 0 bridgehead atoms. The van der Waals surface area contributed by atoms with E-state index in [0.29, 0.717) is 11.8 Å². The summed E-state index contributed by atoms with van der Waals surface area (Å²) in [6.45, 7) is 16.1. The Morgan fingerprint density at radius 2 is 2.00 bits per heavy atom. The first-order valence-electron chi connectivity index (χ1n) is 9.55. The van der Waals surface area contributed by atoms with Crippen LogP contribution in [0.2, 0.25) is 0 Å². The largest absolute Gasteiger partial charge is 0.378 e. The Bertz CT molecular complexity index is 499. The van der Waals surface area contributed by atoms with Gasteiger partial charge in [-0.1, -0.05) is 27.7 Å². The third-order valence-corrected chi connectivity index (χ3v) is 5.08. The molecule has 5 nitrogen and oxygen atoms in total. The van der Waals surface area contributed by atoms with Gasteiger partial charge in [0.25, 0.3) is 0 Å². The lowest BCUT2D eigenvalue weighted by molar-refractivity contribution is 0.0266. The van der Waals surface area contributed by atoms with Crippen molar-refractivity contribution in [3.8, 4) is 0 Å². The summed E-state index contributed by atoms with van der Waals surface area (Å²) in [6, 6.07) is 0. The van der Waals surface area contributed by atoms with Gasteiger partial charge in [-0.15, -0.1) is 11.3 Å². The van der Waals surface area contributed by atoms with Crippen LogP contribution in [0.3, 0.4) is 0 Å². The average Bonchev–Trinajstić information content (AvgIpc) is 3.03. The van der Waals surface area contributed by atoms with Crippen LogP contribution in [0.25, 0.3) is 0 Å². The molecule has 1 atom stereocenters. The number of nitrogens with zero attached hydrogens (tertiary/aromatic N) is 2. The molecule has 1 aromatic rings. The van der Waals surface area contributed by atoms with Crippen molar-refractivity contribution in [3.05, 3.63) is 16.1 Å². The fourth-order valence-electron chi connectivity index (χ4n) is 2.48. The third kappa shape index (κ3) is 8.68. The summed E-state index contributed by atoms with van der Waals surface area (Å²) in [6.07, 6.45) is 2.15. The van der Waals surface area contributed by atoms with Crippen LogP contribution in [-0.2, 0) is 11.2 Å². The molecular weight excluding hydrogens is 332 g/mol. The van der Waals surface area contributed by atoms with Gasteiger partial charge in [-0.2, -0.15) is 0 Å². The predicted octanol–water partition coefficient (Wildman–Crippen LogP) is 3.82. The van der Waals surface area contributed by atoms with Crippen LogP contribution in [0.5, 0.6) is 0 Å². The number of nitrogens with one attached hydrogen (secondary N) is 2. The predicted molar refractivity (Wildman–Crippen MR) is 109 cm³/mol. The molecule has 0 aliphatic heterocycles. The van der Waals surface area contributed by atoms with Crippen molar-refractivity contribution in [2.75, 3.05) is 26.2 Å². The topological polar surface area (TPSA) is 58.5 Å². The summed E-state index contributed by atoms with van der Waals surface area (Å²) in [7, 11) is 0. The molecule has 25 heavy (non-hydrogen) atoms. The number of guanidine groups is 1. The maximum absolute atomic E-state index is 5.79. The van der Waals surface area contributed by atoms with Crippen LogP contribution < -0.4 is 10.6 Å². The van der Waals surface area contributed by atoms with E-state index in [9.17, 15) is 0 Å². The zero-order valence-electron chi connectivity index (χ0n) is 16.8.